The normalized spacial score (nSPS) is 24.6. The molecule has 1 N–H and O–H groups in total. The van der Waals surface area contributed by atoms with Crippen LogP contribution in [0.2, 0.25) is 0 Å². The Morgan fingerprint density at radius 1 is 1.40 bits per heavy atom. The highest BCUT2D eigenvalue weighted by atomic mass is 19.4. The summed E-state index contributed by atoms with van der Waals surface area (Å²) in [6.45, 7) is 6.03. The Bertz CT molecular complexity index is 441. The number of alkyl halides is 3. The average molecular weight is 292 g/mol. The van der Waals surface area contributed by atoms with Crippen LogP contribution in [0.3, 0.4) is 0 Å². The zero-order chi connectivity index (χ0) is 15.7. The third-order valence-electron chi connectivity index (χ3n) is 3.35. The minimum absolute atomic E-state index is 0.266. The number of nitrogens with one attached hydrogen (secondary N) is 1. The summed E-state index contributed by atoms with van der Waals surface area (Å²) in [7, 11) is 0. The van der Waals surface area contributed by atoms with E-state index in [4.69, 9.17) is 0 Å². The molecule has 0 aromatic heterocycles. The van der Waals surface area contributed by atoms with Crippen LogP contribution < -0.4 is 5.32 Å². The second-order valence-electron chi connectivity index (χ2n) is 5.48. The summed E-state index contributed by atoms with van der Waals surface area (Å²) in [5.41, 5.74) is -0.228. The number of rotatable bonds is 4. The molecule has 7 heteroatoms. The van der Waals surface area contributed by atoms with E-state index >= 15 is 0 Å². The van der Waals surface area contributed by atoms with Gasteiger partial charge in [-0.3, -0.25) is 9.69 Å². The van der Waals surface area contributed by atoms with Crippen LogP contribution in [-0.4, -0.2) is 34.6 Å². The zero-order valence-corrected chi connectivity index (χ0v) is 12.0. The van der Waals surface area contributed by atoms with E-state index in [-0.39, 0.29) is 11.3 Å². The topological polar surface area (TPSA) is 49.4 Å². The van der Waals surface area contributed by atoms with Gasteiger partial charge >= 0.3 is 12.2 Å². The minimum Gasteiger partial charge on any atom is -0.323 e. The molecule has 0 aromatic rings. The standard InChI is InChI=1S/C13H19F3N2O2/c1-8(2)6-5-7-12(4)10(19)18(11(20)17-12)9(3)13(14,15)16/h6,9H,5,7H2,1-4H3,(H,17,20)/t9-,12-/m1/s1. The van der Waals surface area contributed by atoms with Crippen LogP contribution in [0, 0.1) is 0 Å². The summed E-state index contributed by atoms with van der Waals surface area (Å²) in [6, 6.07) is -3.11. The largest absolute Gasteiger partial charge is 0.409 e. The molecule has 0 radical (unpaired) electrons. The van der Waals surface area contributed by atoms with Crippen molar-refractivity contribution >= 4 is 11.9 Å². The van der Waals surface area contributed by atoms with E-state index in [1.165, 1.54) is 6.92 Å². The number of hydrogen-bond acceptors (Lipinski definition) is 2. The number of urea groups is 1. The van der Waals surface area contributed by atoms with E-state index in [9.17, 15) is 22.8 Å². The van der Waals surface area contributed by atoms with Gasteiger partial charge in [0.25, 0.3) is 5.91 Å². The van der Waals surface area contributed by atoms with E-state index in [0.29, 0.717) is 6.42 Å². The molecule has 0 unspecified atom stereocenters. The molecule has 1 heterocycles. The molecule has 1 rings (SSSR count). The van der Waals surface area contributed by atoms with Gasteiger partial charge in [-0.05, 0) is 40.5 Å². The molecule has 0 spiro atoms. The molecule has 4 nitrogen and oxygen atoms in total. The van der Waals surface area contributed by atoms with Gasteiger partial charge in [-0.25, -0.2) is 4.79 Å². The van der Waals surface area contributed by atoms with Gasteiger partial charge in [-0.1, -0.05) is 11.6 Å². The Kier molecular flexibility index (Phi) is 4.51. The van der Waals surface area contributed by atoms with Crippen LogP contribution >= 0.6 is 0 Å². The van der Waals surface area contributed by atoms with Crippen molar-refractivity contribution in [3.63, 3.8) is 0 Å². The predicted molar refractivity (Wildman–Crippen MR) is 68.0 cm³/mol. The first-order valence-corrected chi connectivity index (χ1v) is 6.35. The zero-order valence-electron chi connectivity index (χ0n) is 12.0. The first-order chi connectivity index (χ1) is 8.99. The van der Waals surface area contributed by atoms with Crippen molar-refractivity contribution in [3.8, 4) is 0 Å². The molecule has 1 aliphatic rings. The highest BCUT2D eigenvalue weighted by Gasteiger charge is 2.54. The van der Waals surface area contributed by atoms with Gasteiger partial charge in [-0.2, -0.15) is 13.2 Å². The fourth-order valence-corrected chi connectivity index (χ4v) is 2.02. The Morgan fingerprint density at radius 2 is 1.95 bits per heavy atom. The van der Waals surface area contributed by atoms with Crippen molar-refractivity contribution < 1.29 is 22.8 Å². The Labute approximate surface area is 116 Å². The molecule has 1 saturated heterocycles. The van der Waals surface area contributed by atoms with E-state index in [2.05, 4.69) is 5.32 Å². The van der Waals surface area contributed by atoms with E-state index < -0.39 is 29.7 Å². The van der Waals surface area contributed by atoms with Crippen LogP contribution in [0.25, 0.3) is 0 Å². The molecular formula is C13H19F3N2O2. The van der Waals surface area contributed by atoms with Crippen LogP contribution in [-0.2, 0) is 4.79 Å². The van der Waals surface area contributed by atoms with Gasteiger partial charge in [0.05, 0.1) is 0 Å². The number of carbonyl (C=O) groups excluding carboxylic acids is 2. The van der Waals surface area contributed by atoms with E-state index in [0.717, 1.165) is 12.5 Å². The summed E-state index contributed by atoms with van der Waals surface area (Å²) in [5, 5.41) is 2.37. The molecule has 114 valence electrons. The highest BCUT2D eigenvalue weighted by Crippen LogP contribution is 2.31. The van der Waals surface area contributed by atoms with E-state index in [1.807, 2.05) is 19.9 Å². The van der Waals surface area contributed by atoms with Crippen molar-refractivity contribution in [2.75, 3.05) is 0 Å². The summed E-state index contributed by atoms with van der Waals surface area (Å²) in [5.74, 6) is -0.825. The number of amides is 3. The molecule has 0 bridgehead atoms. The van der Waals surface area contributed by atoms with Crippen molar-refractivity contribution in [2.24, 2.45) is 0 Å². The maximum Gasteiger partial charge on any atom is 0.409 e. The Balaban J connectivity index is 2.88. The molecule has 20 heavy (non-hydrogen) atoms. The molecule has 0 aliphatic carbocycles. The number of nitrogens with zero attached hydrogens (tertiary/aromatic N) is 1. The number of allylic oxidation sites excluding steroid dienone is 2. The van der Waals surface area contributed by atoms with Gasteiger partial charge in [0.1, 0.15) is 11.6 Å². The third-order valence-corrected chi connectivity index (χ3v) is 3.35. The quantitative estimate of drug-likeness (QED) is 0.639. The monoisotopic (exact) mass is 292 g/mol. The highest BCUT2D eigenvalue weighted by molar-refractivity contribution is 6.07. The average Bonchev–Trinajstić information content (AvgIpc) is 2.47. The van der Waals surface area contributed by atoms with Crippen molar-refractivity contribution in [2.45, 2.75) is 58.3 Å². The number of halogens is 3. The smallest absolute Gasteiger partial charge is 0.323 e. The molecule has 0 aromatic carbocycles. The van der Waals surface area contributed by atoms with Gasteiger partial charge in [-0.15, -0.1) is 0 Å². The van der Waals surface area contributed by atoms with Crippen LogP contribution in [0.15, 0.2) is 11.6 Å². The lowest BCUT2D eigenvalue weighted by Crippen LogP contribution is -2.49. The van der Waals surface area contributed by atoms with Gasteiger partial charge < -0.3 is 5.32 Å². The maximum absolute atomic E-state index is 12.7. The van der Waals surface area contributed by atoms with Crippen LogP contribution in [0.4, 0.5) is 18.0 Å². The van der Waals surface area contributed by atoms with Crippen LogP contribution in [0.1, 0.15) is 40.5 Å². The first kappa shape index (κ1) is 16.5. The number of hydrogen-bond donors (Lipinski definition) is 1. The fourth-order valence-electron chi connectivity index (χ4n) is 2.02. The molecule has 2 atom stereocenters. The first-order valence-electron chi connectivity index (χ1n) is 6.35. The lowest BCUT2D eigenvalue weighted by atomic mass is 9.95. The second-order valence-corrected chi connectivity index (χ2v) is 5.48. The fraction of sp³-hybridized carbons (Fsp3) is 0.692. The summed E-state index contributed by atoms with van der Waals surface area (Å²) in [4.78, 5) is 24.1. The SMILES string of the molecule is CC(C)=CCC[C@@]1(C)NC(=O)N([C@H](C)C(F)(F)F)C1=O. The molecule has 0 saturated carbocycles. The van der Waals surface area contributed by atoms with E-state index in [1.54, 1.807) is 0 Å². The maximum atomic E-state index is 12.7. The molecular weight excluding hydrogens is 273 g/mol. The van der Waals surface area contributed by atoms with Crippen LogP contribution in [0.5, 0.6) is 0 Å². The summed E-state index contributed by atoms with van der Waals surface area (Å²) < 4.78 is 38.0. The predicted octanol–water partition coefficient (Wildman–Crippen LogP) is 2.99. The second kappa shape index (κ2) is 5.46. The number of carbonyl (C=O) groups is 2. The lowest BCUT2D eigenvalue weighted by Gasteiger charge is -2.25. The van der Waals surface area contributed by atoms with Crippen molar-refractivity contribution in [1.82, 2.24) is 10.2 Å². The molecule has 1 fully saturated rings. The lowest BCUT2D eigenvalue weighted by molar-refractivity contribution is -0.177. The third kappa shape index (κ3) is 3.32. The molecule has 1 aliphatic heterocycles. The number of imide groups is 1. The van der Waals surface area contributed by atoms with Gasteiger partial charge in [0.15, 0.2) is 0 Å². The van der Waals surface area contributed by atoms with Crippen molar-refractivity contribution in [1.29, 1.82) is 0 Å². The minimum atomic E-state index is -4.63. The van der Waals surface area contributed by atoms with Crippen molar-refractivity contribution in [3.05, 3.63) is 11.6 Å². The Hall–Kier alpha value is -1.53. The molecule has 3 amide bonds. The summed E-state index contributed by atoms with van der Waals surface area (Å²) in [6.07, 6.45) is -1.97. The van der Waals surface area contributed by atoms with Gasteiger partial charge in [0.2, 0.25) is 0 Å². The summed E-state index contributed by atoms with van der Waals surface area (Å²) >= 11 is 0. The Morgan fingerprint density at radius 3 is 2.40 bits per heavy atom. The van der Waals surface area contributed by atoms with Gasteiger partial charge in [0, 0.05) is 0 Å².